The summed E-state index contributed by atoms with van der Waals surface area (Å²) in [5, 5.41) is 3.55. The lowest BCUT2D eigenvalue weighted by Gasteiger charge is -2.15. The van der Waals surface area contributed by atoms with Crippen molar-refractivity contribution in [1.29, 1.82) is 0 Å². The smallest absolute Gasteiger partial charge is 0.105 e. The second-order valence-electron chi connectivity index (χ2n) is 6.08. The van der Waals surface area contributed by atoms with E-state index in [1.807, 2.05) is 23.5 Å². The van der Waals surface area contributed by atoms with Gasteiger partial charge < -0.3 is 9.73 Å². The number of rotatable bonds is 5. The number of hydrogen-bond acceptors (Lipinski definition) is 3. The summed E-state index contributed by atoms with van der Waals surface area (Å²) in [6, 6.07) is 8.88. The molecule has 0 aromatic carbocycles. The molecule has 0 amide bonds. The van der Waals surface area contributed by atoms with Crippen LogP contribution in [-0.4, -0.2) is 6.04 Å². The number of furan rings is 1. The molecule has 0 aliphatic rings. The minimum absolute atomic E-state index is 0.253. The van der Waals surface area contributed by atoms with Gasteiger partial charge in [0.05, 0.1) is 6.26 Å². The molecule has 0 saturated heterocycles. The van der Waals surface area contributed by atoms with E-state index in [4.69, 9.17) is 4.42 Å². The molecule has 1 atom stereocenters. The van der Waals surface area contributed by atoms with Gasteiger partial charge in [-0.1, -0.05) is 20.8 Å². The van der Waals surface area contributed by atoms with Crippen molar-refractivity contribution >= 4 is 11.3 Å². The molecule has 2 aromatic rings. The molecule has 104 valence electrons. The first-order valence-corrected chi connectivity index (χ1v) is 7.62. The van der Waals surface area contributed by atoms with E-state index in [-0.39, 0.29) is 5.41 Å². The zero-order valence-corrected chi connectivity index (χ0v) is 13.0. The Morgan fingerprint density at radius 3 is 2.63 bits per heavy atom. The van der Waals surface area contributed by atoms with Crippen molar-refractivity contribution in [3.05, 3.63) is 46.0 Å². The molecular weight excluding hydrogens is 254 g/mol. The van der Waals surface area contributed by atoms with Gasteiger partial charge in [0.2, 0.25) is 0 Å². The van der Waals surface area contributed by atoms with Gasteiger partial charge in [-0.25, -0.2) is 0 Å². The monoisotopic (exact) mass is 277 g/mol. The highest BCUT2D eigenvalue weighted by Crippen LogP contribution is 2.29. The van der Waals surface area contributed by atoms with Crippen LogP contribution in [0.25, 0.3) is 0 Å². The van der Waals surface area contributed by atoms with Gasteiger partial charge in [0.15, 0.2) is 0 Å². The lowest BCUT2D eigenvalue weighted by atomic mass is 9.95. The van der Waals surface area contributed by atoms with Crippen molar-refractivity contribution in [3.8, 4) is 0 Å². The maximum absolute atomic E-state index is 5.37. The van der Waals surface area contributed by atoms with E-state index in [0.717, 1.165) is 18.7 Å². The van der Waals surface area contributed by atoms with Crippen LogP contribution in [0.1, 0.15) is 43.2 Å². The van der Waals surface area contributed by atoms with Crippen molar-refractivity contribution in [1.82, 2.24) is 5.32 Å². The Hall–Kier alpha value is -1.06. The molecule has 2 nitrogen and oxygen atoms in total. The summed E-state index contributed by atoms with van der Waals surface area (Å²) in [6.45, 7) is 9.91. The molecule has 0 fully saturated rings. The highest BCUT2D eigenvalue weighted by Gasteiger charge is 2.16. The van der Waals surface area contributed by atoms with E-state index in [2.05, 4.69) is 45.1 Å². The molecule has 2 heterocycles. The Balaban J connectivity index is 1.83. The van der Waals surface area contributed by atoms with E-state index in [9.17, 15) is 0 Å². The van der Waals surface area contributed by atoms with Crippen LogP contribution in [0.3, 0.4) is 0 Å². The summed E-state index contributed by atoms with van der Waals surface area (Å²) >= 11 is 1.90. The maximum atomic E-state index is 5.37. The summed E-state index contributed by atoms with van der Waals surface area (Å²) in [6.07, 6.45) is 2.67. The predicted molar refractivity (Wildman–Crippen MR) is 81.7 cm³/mol. The average Bonchev–Trinajstić information content (AvgIpc) is 2.95. The average molecular weight is 277 g/mol. The van der Waals surface area contributed by atoms with Crippen molar-refractivity contribution in [2.75, 3.05) is 0 Å². The van der Waals surface area contributed by atoms with E-state index >= 15 is 0 Å². The van der Waals surface area contributed by atoms with Crippen LogP contribution in [0.5, 0.6) is 0 Å². The number of nitrogens with one attached hydrogen (secondary N) is 1. The van der Waals surface area contributed by atoms with Crippen LogP contribution in [0.2, 0.25) is 0 Å². The molecule has 0 radical (unpaired) electrons. The third-order valence-corrected chi connectivity index (χ3v) is 4.62. The molecule has 0 saturated carbocycles. The first-order valence-electron chi connectivity index (χ1n) is 6.80. The molecule has 2 aromatic heterocycles. The Kier molecular flexibility index (Phi) is 4.48. The third kappa shape index (κ3) is 4.22. The second-order valence-corrected chi connectivity index (χ2v) is 7.25. The quantitative estimate of drug-likeness (QED) is 0.878. The van der Waals surface area contributed by atoms with E-state index in [1.165, 1.54) is 9.75 Å². The summed E-state index contributed by atoms with van der Waals surface area (Å²) in [7, 11) is 0. The maximum Gasteiger partial charge on any atom is 0.105 e. The second kappa shape index (κ2) is 5.93. The summed E-state index contributed by atoms with van der Waals surface area (Å²) in [4.78, 5) is 2.85. The van der Waals surface area contributed by atoms with Crippen LogP contribution in [0, 0.1) is 0 Å². The molecule has 0 bridgehead atoms. The summed E-state index contributed by atoms with van der Waals surface area (Å²) < 4.78 is 5.37. The number of hydrogen-bond donors (Lipinski definition) is 1. The zero-order valence-electron chi connectivity index (χ0n) is 12.2. The Morgan fingerprint density at radius 2 is 2.05 bits per heavy atom. The number of thiophene rings is 1. The van der Waals surface area contributed by atoms with E-state index in [0.29, 0.717) is 6.04 Å². The fourth-order valence-corrected chi connectivity index (χ4v) is 2.97. The summed E-state index contributed by atoms with van der Waals surface area (Å²) in [5.41, 5.74) is 0.253. The Labute approximate surface area is 119 Å². The van der Waals surface area contributed by atoms with Gasteiger partial charge in [-0.05, 0) is 36.6 Å². The van der Waals surface area contributed by atoms with Gasteiger partial charge in [-0.15, -0.1) is 11.3 Å². The molecule has 1 N–H and O–H groups in total. The predicted octanol–water partition coefficient (Wildman–Crippen LogP) is 4.36. The van der Waals surface area contributed by atoms with Crippen molar-refractivity contribution in [2.24, 2.45) is 0 Å². The van der Waals surface area contributed by atoms with Crippen molar-refractivity contribution in [3.63, 3.8) is 0 Å². The van der Waals surface area contributed by atoms with Crippen LogP contribution in [0.15, 0.2) is 34.9 Å². The van der Waals surface area contributed by atoms with E-state index in [1.54, 1.807) is 6.26 Å². The summed E-state index contributed by atoms with van der Waals surface area (Å²) in [5.74, 6) is 1.04. The van der Waals surface area contributed by atoms with Crippen molar-refractivity contribution in [2.45, 2.75) is 52.1 Å². The minimum Gasteiger partial charge on any atom is -0.469 e. The SMILES string of the molecule is CC(Cc1ccco1)NCc1ccc(C(C)(C)C)s1. The molecule has 0 aliphatic heterocycles. The fraction of sp³-hybridized carbons (Fsp3) is 0.500. The van der Waals surface area contributed by atoms with Gasteiger partial charge in [-0.2, -0.15) is 0 Å². The standard InChI is InChI=1S/C16H23NOS/c1-12(10-13-6-5-9-18-13)17-11-14-7-8-15(19-14)16(2,3)4/h5-9,12,17H,10-11H2,1-4H3. The van der Waals surface area contributed by atoms with Crippen LogP contribution in [-0.2, 0) is 18.4 Å². The lowest BCUT2D eigenvalue weighted by Crippen LogP contribution is -2.27. The highest BCUT2D eigenvalue weighted by atomic mass is 32.1. The minimum atomic E-state index is 0.253. The van der Waals surface area contributed by atoms with Crippen molar-refractivity contribution < 1.29 is 4.42 Å². The molecule has 0 aliphatic carbocycles. The van der Waals surface area contributed by atoms with Crippen LogP contribution >= 0.6 is 11.3 Å². The molecular formula is C16H23NOS. The Bertz CT molecular complexity index is 493. The Morgan fingerprint density at radius 1 is 1.26 bits per heavy atom. The van der Waals surface area contributed by atoms with Crippen LogP contribution < -0.4 is 5.32 Å². The first kappa shape index (κ1) is 14.4. The molecule has 1 unspecified atom stereocenters. The molecule has 3 heteroatoms. The van der Waals surface area contributed by atoms with Gasteiger partial charge in [-0.3, -0.25) is 0 Å². The first-order chi connectivity index (χ1) is 8.95. The normalized spacial score (nSPS) is 13.7. The lowest BCUT2D eigenvalue weighted by molar-refractivity contribution is 0.457. The molecule has 19 heavy (non-hydrogen) atoms. The largest absolute Gasteiger partial charge is 0.469 e. The molecule has 2 rings (SSSR count). The van der Waals surface area contributed by atoms with E-state index < -0.39 is 0 Å². The molecule has 0 spiro atoms. The third-order valence-electron chi connectivity index (χ3n) is 3.11. The van der Waals surface area contributed by atoms with Gasteiger partial charge in [0, 0.05) is 28.8 Å². The van der Waals surface area contributed by atoms with Gasteiger partial charge >= 0.3 is 0 Å². The topological polar surface area (TPSA) is 25.2 Å². The fourth-order valence-electron chi connectivity index (χ4n) is 1.95. The van der Waals surface area contributed by atoms with Gasteiger partial charge in [0.25, 0.3) is 0 Å². The highest BCUT2D eigenvalue weighted by molar-refractivity contribution is 7.12. The zero-order chi connectivity index (χ0) is 13.9. The van der Waals surface area contributed by atoms with Crippen LogP contribution in [0.4, 0.5) is 0 Å². The van der Waals surface area contributed by atoms with Gasteiger partial charge in [0.1, 0.15) is 5.76 Å².